The lowest BCUT2D eigenvalue weighted by Gasteiger charge is -2.22. The smallest absolute Gasteiger partial charge is 0.0959 e. The van der Waals surface area contributed by atoms with Gasteiger partial charge in [-0.3, -0.25) is 4.90 Å². The van der Waals surface area contributed by atoms with E-state index in [1.165, 1.54) is 29.1 Å². The number of rotatable bonds is 6. The summed E-state index contributed by atoms with van der Waals surface area (Å²) >= 11 is 1.85. The van der Waals surface area contributed by atoms with Gasteiger partial charge in [-0.2, -0.15) is 0 Å². The van der Waals surface area contributed by atoms with Crippen LogP contribution >= 0.6 is 11.3 Å². The molecule has 2 rings (SSSR count). The van der Waals surface area contributed by atoms with E-state index in [0.717, 1.165) is 25.6 Å². The molecule has 0 aliphatic heterocycles. The lowest BCUT2D eigenvalue weighted by atomic mass is 9.86. The Morgan fingerprint density at radius 3 is 2.94 bits per heavy atom. The third kappa shape index (κ3) is 2.81. The van der Waals surface area contributed by atoms with Crippen LogP contribution in [0.5, 0.6) is 0 Å². The van der Waals surface area contributed by atoms with E-state index in [4.69, 9.17) is 5.11 Å². The van der Waals surface area contributed by atoms with Gasteiger partial charge in [-0.15, -0.1) is 11.3 Å². The minimum absolute atomic E-state index is 0.238. The topological polar surface area (TPSA) is 36.4 Å². The summed E-state index contributed by atoms with van der Waals surface area (Å²) in [5, 5.41) is 10.3. The van der Waals surface area contributed by atoms with Crippen molar-refractivity contribution in [3.63, 3.8) is 0 Å². The monoisotopic (exact) mass is 240 g/mol. The lowest BCUT2D eigenvalue weighted by Crippen LogP contribution is -2.25. The van der Waals surface area contributed by atoms with E-state index in [2.05, 4.69) is 16.8 Å². The molecule has 0 saturated heterocycles. The molecule has 0 spiro atoms. The summed E-state index contributed by atoms with van der Waals surface area (Å²) in [5.74, 6) is 0.742. The van der Waals surface area contributed by atoms with Crippen LogP contribution in [0.3, 0.4) is 0 Å². The van der Waals surface area contributed by atoms with Crippen molar-refractivity contribution in [1.29, 1.82) is 0 Å². The molecule has 0 unspecified atom stereocenters. The van der Waals surface area contributed by atoms with Crippen molar-refractivity contribution < 1.29 is 5.11 Å². The van der Waals surface area contributed by atoms with E-state index in [-0.39, 0.29) is 6.61 Å². The molecule has 0 radical (unpaired) electrons. The molecular weight excluding hydrogens is 220 g/mol. The van der Waals surface area contributed by atoms with Gasteiger partial charge in [0, 0.05) is 30.1 Å². The molecule has 1 aromatic heterocycles. The van der Waals surface area contributed by atoms with Crippen LogP contribution in [0.15, 0.2) is 6.20 Å². The Morgan fingerprint density at radius 2 is 2.38 bits per heavy atom. The van der Waals surface area contributed by atoms with Gasteiger partial charge in [-0.05, 0) is 19.4 Å². The highest BCUT2D eigenvalue weighted by Gasteiger charge is 2.22. The molecule has 1 fully saturated rings. The molecule has 16 heavy (non-hydrogen) atoms. The summed E-state index contributed by atoms with van der Waals surface area (Å²) in [5.41, 5.74) is 0. The van der Waals surface area contributed by atoms with Crippen molar-refractivity contribution in [2.75, 3.05) is 19.7 Å². The van der Waals surface area contributed by atoms with Gasteiger partial charge in [0.15, 0.2) is 0 Å². The van der Waals surface area contributed by atoms with Crippen LogP contribution in [0.4, 0.5) is 0 Å². The Kier molecular flexibility index (Phi) is 4.32. The Labute approximate surface area is 101 Å². The van der Waals surface area contributed by atoms with Gasteiger partial charge >= 0.3 is 0 Å². The Bertz CT molecular complexity index is 323. The molecule has 90 valence electrons. The van der Waals surface area contributed by atoms with Gasteiger partial charge in [0.1, 0.15) is 0 Å². The first-order chi connectivity index (χ1) is 7.83. The van der Waals surface area contributed by atoms with E-state index in [1.54, 1.807) is 0 Å². The lowest BCUT2D eigenvalue weighted by molar-refractivity contribution is 0.198. The van der Waals surface area contributed by atoms with Gasteiger partial charge < -0.3 is 5.11 Å². The van der Waals surface area contributed by atoms with Crippen molar-refractivity contribution in [3.05, 3.63) is 16.1 Å². The number of hydrogen-bond acceptors (Lipinski definition) is 4. The summed E-state index contributed by atoms with van der Waals surface area (Å²) in [6, 6.07) is 0. The second-order valence-corrected chi connectivity index (χ2v) is 5.53. The minimum Gasteiger partial charge on any atom is -0.395 e. The average Bonchev–Trinajstić information content (AvgIpc) is 2.63. The predicted molar refractivity (Wildman–Crippen MR) is 66.7 cm³/mol. The SMILES string of the molecule is CCN(CCO)Cc1cnc(C2CCC2)s1. The zero-order valence-corrected chi connectivity index (χ0v) is 10.7. The zero-order valence-electron chi connectivity index (χ0n) is 9.85. The number of nitrogens with zero attached hydrogens (tertiary/aromatic N) is 2. The quantitative estimate of drug-likeness (QED) is 0.828. The van der Waals surface area contributed by atoms with Gasteiger partial charge in [0.05, 0.1) is 11.6 Å². The number of aliphatic hydroxyl groups excluding tert-OH is 1. The highest BCUT2D eigenvalue weighted by Crippen LogP contribution is 2.38. The van der Waals surface area contributed by atoms with Crippen molar-refractivity contribution >= 4 is 11.3 Å². The summed E-state index contributed by atoms with van der Waals surface area (Å²) in [4.78, 5) is 8.09. The Morgan fingerprint density at radius 1 is 1.56 bits per heavy atom. The number of thiazole rings is 1. The first-order valence-electron chi connectivity index (χ1n) is 6.11. The van der Waals surface area contributed by atoms with Gasteiger partial charge in [0.2, 0.25) is 0 Å². The van der Waals surface area contributed by atoms with Crippen LogP contribution in [0.25, 0.3) is 0 Å². The first-order valence-corrected chi connectivity index (χ1v) is 6.93. The second-order valence-electron chi connectivity index (χ2n) is 4.39. The molecule has 0 aromatic carbocycles. The highest BCUT2D eigenvalue weighted by atomic mass is 32.1. The standard InChI is InChI=1S/C12H20N2OS/c1-2-14(6-7-15)9-11-8-13-12(16-11)10-4-3-5-10/h8,10,15H,2-7,9H2,1H3. The minimum atomic E-state index is 0.238. The Balaban J connectivity index is 1.90. The van der Waals surface area contributed by atoms with Crippen LogP contribution < -0.4 is 0 Å². The predicted octanol–water partition coefficient (Wildman–Crippen LogP) is 2.22. The molecule has 1 aromatic rings. The van der Waals surface area contributed by atoms with Crippen LogP contribution in [-0.2, 0) is 6.54 Å². The van der Waals surface area contributed by atoms with Crippen LogP contribution in [0, 0.1) is 0 Å². The fraction of sp³-hybridized carbons (Fsp3) is 0.750. The molecule has 1 N–H and O–H groups in total. The number of aliphatic hydroxyl groups is 1. The first kappa shape index (κ1) is 12.0. The summed E-state index contributed by atoms with van der Waals surface area (Å²) in [6.07, 6.45) is 6.02. The van der Waals surface area contributed by atoms with Gasteiger partial charge in [-0.25, -0.2) is 4.98 Å². The molecule has 1 aliphatic rings. The summed E-state index contributed by atoms with van der Waals surface area (Å²) < 4.78 is 0. The fourth-order valence-electron chi connectivity index (χ4n) is 1.95. The third-order valence-corrected chi connectivity index (χ3v) is 4.41. The van der Waals surface area contributed by atoms with Crippen LogP contribution in [0.1, 0.15) is 42.0 Å². The normalized spacial score (nSPS) is 16.7. The van der Waals surface area contributed by atoms with Crippen molar-refractivity contribution in [3.8, 4) is 0 Å². The molecule has 3 nitrogen and oxygen atoms in total. The molecule has 1 aliphatic carbocycles. The van der Waals surface area contributed by atoms with E-state index < -0.39 is 0 Å². The number of likely N-dealkylation sites (N-methyl/N-ethyl adjacent to an activating group) is 1. The fourth-order valence-corrected chi connectivity index (χ4v) is 3.08. The van der Waals surface area contributed by atoms with E-state index >= 15 is 0 Å². The molecule has 4 heteroatoms. The number of aromatic nitrogens is 1. The van der Waals surface area contributed by atoms with Gasteiger partial charge in [0.25, 0.3) is 0 Å². The number of hydrogen-bond donors (Lipinski definition) is 1. The molecule has 1 saturated carbocycles. The van der Waals surface area contributed by atoms with Crippen molar-refractivity contribution in [2.45, 2.75) is 38.6 Å². The summed E-state index contributed by atoms with van der Waals surface area (Å²) in [6.45, 7) is 5.04. The van der Waals surface area contributed by atoms with Crippen LogP contribution in [-0.4, -0.2) is 34.7 Å². The highest BCUT2D eigenvalue weighted by molar-refractivity contribution is 7.11. The largest absolute Gasteiger partial charge is 0.395 e. The summed E-state index contributed by atoms with van der Waals surface area (Å²) in [7, 11) is 0. The molecule has 0 bridgehead atoms. The van der Waals surface area contributed by atoms with Crippen molar-refractivity contribution in [1.82, 2.24) is 9.88 Å². The molecule has 1 heterocycles. The zero-order chi connectivity index (χ0) is 11.4. The van der Waals surface area contributed by atoms with E-state index in [1.807, 2.05) is 17.5 Å². The maximum absolute atomic E-state index is 8.93. The molecule has 0 amide bonds. The van der Waals surface area contributed by atoms with E-state index in [0.29, 0.717) is 0 Å². The third-order valence-electron chi connectivity index (χ3n) is 3.27. The van der Waals surface area contributed by atoms with E-state index in [9.17, 15) is 0 Å². The Hall–Kier alpha value is -0.450. The molecular formula is C12H20N2OS. The molecule has 0 atom stereocenters. The van der Waals surface area contributed by atoms with Crippen molar-refractivity contribution in [2.24, 2.45) is 0 Å². The van der Waals surface area contributed by atoms with Gasteiger partial charge in [-0.1, -0.05) is 13.3 Å². The average molecular weight is 240 g/mol. The second kappa shape index (κ2) is 5.75. The van der Waals surface area contributed by atoms with Crippen LogP contribution in [0.2, 0.25) is 0 Å². The maximum Gasteiger partial charge on any atom is 0.0959 e. The maximum atomic E-state index is 8.93.